The normalized spacial score (nSPS) is 14.4. The number of hydrogen-bond acceptors (Lipinski definition) is 5. The summed E-state index contributed by atoms with van der Waals surface area (Å²) in [4.78, 5) is 0. The van der Waals surface area contributed by atoms with Crippen LogP contribution in [0.4, 0.5) is 8.78 Å². The van der Waals surface area contributed by atoms with Gasteiger partial charge in [-0.3, -0.25) is 4.55 Å². The van der Waals surface area contributed by atoms with Crippen LogP contribution < -0.4 is 0 Å². The third kappa shape index (κ3) is 2.93. The molecule has 10 heteroatoms. The SMILES string of the molecule is O=S(=O)(O)C(O)(O)C(F)(F)CCOI. The zero-order valence-electron chi connectivity index (χ0n) is 6.52. The van der Waals surface area contributed by atoms with E-state index in [4.69, 9.17) is 14.8 Å². The van der Waals surface area contributed by atoms with Crippen molar-refractivity contribution in [3.63, 3.8) is 0 Å². The second-order valence-corrected chi connectivity index (χ2v) is 4.49. The smallest absolute Gasteiger partial charge is 0.347 e. The van der Waals surface area contributed by atoms with Crippen LogP contribution in [0, 0.1) is 0 Å². The van der Waals surface area contributed by atoms with Gasteiger partial charge in [-0.1, -0.05) is 0 Å². The summed E-state index contributed by atoms with van der Waals surface area (Å²) in [5.41, 5.74) is 0. The lowest BCUT2D eigenvalue weighted by atomic mass is 10.2. The fraction of sp³-hybridized carbons (Fsp3) is 1.00. The quantitative estimate of drug-likeness (QED) is 0.364. The lowest BCUT2D eigenvalue weighted by Crippen LogP contribution is -2.54. The summed E-state index contributed by atoms with van der Waals surface area (Å²) >= 11 is 1.27. The minimum Gasteiger partial charge on any atom is -0.347 e. The Morgan fingerprint density at radius 2 is 1.79 bits per heavy atom. The van der Waals surface area contributed by atoms with Gasteiger partial charge in [0.25, 0.3) is 0 Å². The topological polar surface area (TPSA) is 104 Å². The Morgan fingerprint density at radius 3 is 2.07 bits per heavy atom. The van der Waals surface area contributed by atoms with E-state index in [1.165, 1.54) is 23.0 Å². The monoisotopic (exact) mass is 348 g/mol. The Labute approximate surface area is 92.3 Å². The molecule has 0 aliphatic rings. The molecule has 6 nitrogen and oxygen atoms in total. The van der Waals surface area contributed by atoms with Gasteiger partial charge in [0.2, 0.25) is 0 Å². The molecular weight excluding hydrogens is 341 g/mol. The van der Waals surface area contributed by atoms with Crippen LogP contribution in [0.3, 0.4) is 0 Å². The maximum atomic E-state index is 12.8. The lowest BCUT2D eigenvalue weighted by molar-refractivity contribution is -0.247. The highest BCUT2D eigenvalue weighted by Gasteiger charge is 2.60. The Bertz CT molecular complexity index is 288. The van der Waals surface area contributed by atoms with E-state index in [1.54, 1.807) is 0 Å². The molecule has 0 unspecified atom stereocenters. The average Bonchev–Trinajstić information content (AvgIpc) is 1.98. The summed E-state index contributed by atoms with van der Waals surface area (Å²) < 4.78 is 58.2. The number of alkyl halides is 2. The zero-order valence-corrected chi connectivity index (χ0v) is 9.50. The highest BCUT2D eigenvalue weighted by Crippen LogP contribution is 2.33. The van der Waals surface area contributed by atoms with Crippen molar-refractivity contribution in [2.45, 2.75) is 17.5 Å². The molecule has 14 heavy (non-hydrogen) atoms. The first kappa shape index (κ1) is 14.4. The van der Waals surface area contributed by atoms with Crippen LogP contribution in [0.1, 0.15) is 6.42 Å². The van der Waals surface area contributed by atoms with Gasteiger partial charge < -0.3 is 13.3 Å². The zero-order chi connectivity index (χ0) is 11.6. The second kappa shape index (κ2) is 4.49. The minimum absolute atomic E-state index is 0.605. The molecule has 0 amide bonds. The van der Waals surface area contributed by atoms with Gasteiger partial charge in [-0.25, -0.2) is 0 Å². The van der Waals surface area contributed by atoms with Crippen molar-refractivity contribution in [3.8, 4) is 0 Å². The van der Waals surface area contributed by atoms with Gasteiger partial charge in [0, 0.05) is 6.42 Å². The summed E-state index contributed by atoms with van der Waals surface area (Å²) in [5, 5.41) is 12.5. The molecule has 0 saturated carbocycles. The fourth-order valence-electron chi connectivity index (χ4n) is 0.518. The summed E-state index contributed by atoms with van der Waals surface area (Å²) in [6.45, 7) is -0.605. The first-order valence-corrected chi connectivity index (χ1v) is 5.41. The predicted molar refractivity (Wildman–Crippen MR) is 48.3 cm³/mol. The highest BCUT2D eigenvalue weighted by molar-refractivity contribution is 14.1. The molecule has 0 fully saturated rings. The molecule has 0 radical (unpaired) electrons. The molecule has 86 valence electrons. The number of rotatable bonds is 5. The molecule has 0 bridgehead atoms. The highest BCUT2D eigenvalue weighted by atomic mass is 127. The van der Waals surface area contributed by atoms with E-state index in [2.05, 4.69) is 3.07 Å². The molecule has 0 saturated heterocycles. The molecule has 0 aromatic rings. The molecule has 0 spiro atoms. The van der Waals surface area contributed by atoms with Gasteiger partial charge in [0.1, 0.15) is 23.0 Å². The molecule has 0 heterocycles. The van der Waals surface area contributed by atoms with Gasteiger partial charge in [-0.2, -0.15) is 17.2 Å². The Morgan fingerprint density at radius 1 is 1.36 bits per heavy atom. The van der Waals surface area contributed by atoms with E-state index >= 15 is 0 Å². The third-order valence-electron chi connectivity index (χ3n) is 1.33. The van der Waals surface area contributed by atoms with Crippen molar-refractivity contribution < 1.29 is 35.0 Å². The maximum Gasteiger partial charge on any atom is 0.360 e. The number of aliphatic hydroxyl groups is 2. The molecule has 0 aromatic heterocycles. The van der Waals surface area contributed by atoms with Gasteiger partial charge in [0.05, 0.1) is 6.61 Å². The van der Waals surface area contributed by atoms with Gasteiger partial charge in [0.15, 0.2) is 0 Å². The van der Waals surface area contributed by atoms with E-state index in [1.807, 2.05) is 0 Å². The average molecular weight is 348 g/mol. The molecule has 3 N–H and O–H groups in total. The standard InChI is InChI=1S/C4H7F2IO6S/c5-3(6,1-2-13-7)4(8,9)14(10,11)12/h8-9H,1-2H2,(H,10,11,12). The summed E-state index contributed by atoms with van der Waals surface area (Å²) in [7, 11) is -5.69. The third-order valence-corrected chi connectivity index (χ3v) is 2.79. The second-order valence-electron chi connectivity index (χ2n) is 2.35. The van der Waals surface area contributed by atoms with Crippen molar-refractivity contribution in [3.05, 3.63) is 0 Å². The number of halogens is 3. The van der Waals surface area contributed by atoms with Crippen LogP contribution in [-0.4, -0.2) is 40.8 Å². The van der Waals surface area contributed by atoms with Crippen LogP contribution >= 0.6 is 23.0 Å². The van der Waals surface area contributed by atoms with Gasteiger partial charge in [-0.05, 0) is 0 Å². The summed E-state index contributed by atoms with van der Waals surface area (Å²) in [6, 6.07) is 0. The van der Waals surface area contributed by atoms with E-state index in [0.29, 0.717) is 0 Å². The first-order valence-electron chi connectivity index (χ1n) is 3.09. The lowest BCUT2D eigenvalue weighted by Gasteiger charge is -2.27. The van der Waals surface area contributed by atoms with E-state index in [0.717, 1.165) is 0 Å². The van der Waals surface area contributed by atoms with Crippen molar-refractivity contribution in [1.29, 1.82) is 0 Å². The van der Waals surface area contributed by atoms with Crippen molar-refractivity contribution in [2.75, 3.05) is 6.61 Å². The van der Waals surface area contributed by atoms with Crippen LogP contribution in [0.25, 0.3) is 0 Å². The van der Waals surface area contributed by atoms with E-state index in [-0.39, 0.29) is 0 Å². The summed E-state index contributed by atoms with van der Waals surface area (Å²) in [5.74, 6) is -4.42. The largest absolute Gasteiger partial charge is 0.360 e. The van der Waals surface area contributed by atoms with E-state index < -0.39 is 34.2 Å². The Balaban J connectivity index is 4.88. The van der Waals surface area contributed by atoms with Crippen molar-refractivity contribution in [1.82, 2.24) is 0 Å². The predicted octanol–water partition coefficient (Wildman–Crippen LogP) is -0.0954. The Hall–Kier alpha value is 0.380. The van der Waals surface area contributed by atoms with Crippen LogP contribution in [0.2, 0.25) is 0 Å². The maximum absolute atomic E-state index is 12.8. The molecule has 0 aromatic carbocycles. The summed E-state index contributed by atoms with van der Waals surface area (Å²) in [6.07, 6.45) is -1.26. The minimum atomic E-state index is -5.69. The molecule has 0 rings (SSSR count). The Kier molecular flexibility index (Phi) is 4.61. The number of hydrogen-bond donors (Lipinski definition) is 3. The van der Waals surface area contributed by atoms with Crippen LogP contribution in [0.5, 0.6) is 0 Å². The van der Waals surface area contributed by atoms with E-state index in [9.17, 15) is 17.2 Å². The molecule has 0 aliphatic carbocycles. The molecular formula is C4H7F2IO6S. The first-order chi connectivity index (χ1) is 6.06. The van der Waals surface area contributed by atoms with Crippen molar-refractivity contribution >= 4 is 33.1 Å². The van der Waals surface area contributed by atoms with Gasteiger partial charge >= 0.3 is 21.2 Å². The fourth-order valence-corrected chi connectivity index (χ4v) is 1.22. The van der Waals surface area contributed by atoms with Crippen LogP contribution in [0.15, 0.2) is 0 Å². The van der Waals surface area contributed by atoms with Crippen molar-refractivity contribution in [2.24, 2.45) is 0 Å². The van der Waals surface area contributed by atoms with Crippen LogP contribution in [-0.2, 0) is 13.2 Å². The van der Waals surface area contributed by atoms with Gasteiger partial charge in [-0.15, -0.1) is 0 Å². The molecule has 0 atom stereocenters. The molecule has 0 aliphatic heterocycles.